The molecule has 102 valence electrons. The molecule has 0 aliphatic heterocycles. The van der Waals surface area contributed by atoms with E-state index in [4.69, 9.17) is 4.74 Å². The Bertz CT molecular complexity index is 449. The Balaban J connectivity index is 2.27. The normalized spacial score (nSPS) is 9.53. The fourth-order valence-corrected chi connectivity index (χ4v) is 1.10. The summed E-state index contributed by atoms with van der Waals surface area (Å²) in [6, 6.07) is 0. The minimum atomic E-state index is -0.749. The number of carbonyl (C=O) groups excluding carboxylic acids is 3. The van der Waals surface area contributed by atoms with E-state index < -0.39 is 18.5 Å². The van der Waals surface area contributed by atoms with Gasteiger partial charge in [0.1, 0.15) is 0 Å². The van der Waals surface area contributed by atoms with Gasteiger partial charge in [0.15, 0.2) is 12.3 Å². The van der Waals surface area contributed by atoms with Crippen LogP contribution in [0.2, 0.25) is 0 Å². The zero-order valence-corrected chi connectivity index (χ0v) is 10.4. The topological polar surface area (TPSA) is 110 Å². The number of esters is 1. The maximum atomic E-state index is 11.4. The van der Waals surface area contributed by atoms with E-state index in [1.165, 1.54) is 18.6 Å². The van der Waals surface area contributed by atoms with E-state index in [-0.39, 0.29) is 18.1 Å². The van der Waals surface area contributed by atoms with E-state index in [0.29, 0.717) is 6.54 Å². The molecular formula is C11H14N4O4. The molecule has 0 aliphatic carbocycles. The molecule has 2 amide bonds. The first-order chi connectivity index (χ1) is 9.13. The Morgan fingerprint density at radius 1 is 1.21 bits per heavy atom. The molecular weight excluding hydrogens is 252 g/mol. The number of carbonyl (C=O) groups is 3. The quantitative estimate of drug-likeness (QED) is 0.631. The molecule has 0 saturated heterocycles. The molecule has 8 heteroatoms. The van der Waals surface area contributed by atoms with Gasteiger partial charge < -0.3 is 15.4 Å². The first-order valence-corrected chi connectivity index (χ1v) is 5.60. The molecule has 1 aromatic rings. The van der Waals surface area contributed by atoms with Crippen LogP contribution in [0.1, 0.15) is 17.4 Å². The maximum Gasteiger partial charge on any atom is 0.359 e. The molecule has 2 N–H and O–H groups in total. The lowest BCUT2D eigenvalue weighted by molar-refractivity contribution is -0.127. The molecule has 1 rings (SSSR count). The molecule has 1 aromatic heterocycles. The van der Waals surface area contributed by atoms with E-state index in [2.05, 4.69) is 20.6 Å². The molecule has 0 aliphatic rings. The molecule has 0 bridgehead atoms. The molecule has 8 nitrogen and oxygen atoms in total. The summed E-state index contributed by atoms with van der Waals surface area (Å²) in [4.78, 5) is 41.2. The number of hydrogen-bond donors (Lipinski definition) is 2. The van der Waals surface area contributed by atoms with Crippen LogP contribution in [-0.4, -0.2) is 47.4 Å². The van der Waals surface area contributed by atoms with Crippen molar-refractivity contribution in [3.05, 3.63) is 24.3 Å². The Kier molecular flexibility index (Phi) is 5.93. The van der Waals surface area contributed by atoms with Gasteiger partial charge in [-0.25, -0.2) is 9.78 Å². The number of nitrogens with one attached hydrogen (secondary N) is 2. The van der Waals surface area contributed by atoms with Gasteiger partial charge >= 0.3 is 5.97 Å². The minimum absolute atomic E-state index is 0.0130. The highest BCUT2D eigenvalue weighted by Crippen LogP contribution is 1.93. The number of hydrogen-bond acceptors (Lipinski definition) is 6. The van der Waals surface area contributed by atoms with Crippen molar-refractivity contribution in [1.82, 2.24) is 20.6 Å². The summed E-state index contributed by atoms with van der Waals surface area (Å²) in [5.41, 5.74) is 0.0130. The van der Waals surface area contributed by atoms with Crippen LogP contribution in [-0.2, 0) is 14.3 Å². The fourth-order valence-electron chi connectivity index (χ4n) is 1.10. The fraction of sp³-hybridized carbons (Fsp3) is 0.364. The van der Waals surface area contributed by atoms with Crippen molar-refractivity contribution < 1.29 is 19.1 Å². The average Bonchev–Trinajstić information content (AvgIpc) is 2.44. The second-order valence-electron chi connectivity index (χ2n) is 3.40. The molecule has 0 fully saturated rings. The summed E-state index contributed by atoms with van der Waals surface area (Å²) >= 11 is 0. The van der Waals surface area contributed by atoms with Gasteiger partial charge in [-0.2, -0.15) is 0 Å². The third-order valence-corrected chi connectivity index (χ3v) is 1.93. The van der Waals surface area contributed by atoms with Crippen molar-refractivity contribution in [1.29, 1.82) is 0 Å². The summed E-state index contributed by atoms with van der Waals surface area (Å²) in [6.07, 6.45) is 3.98. The third kappa shape index (κ3) is 5.57. The number of nitrogens with zero attached hydrogens (tertiary/aromatic N) is 2. The summed E-state index contributed by atoms with van der Waals surface area (Å²) < 4.78 is 4.70. The number of aromatic nitrogens is 2. The van der Waals surface area contributed by atoms with Crippen molar-refractivity contribution in [3.63, 3.8) is 0 Å². The van der Waals surface area contributed by atoms with Crippen LogP contribution in [0.15, 0.2) is 18.6 Å². The highest BCUT2D eigenvalue weighted by molar-refractivity contribution is 5.90. The number of likely N-dealkylation sites (N-methyl/N-ethyl adjacent to an activating group) is 1. The second-order valence-corrected chi connectivity index (χ2v) is 3.40. The van der Waals surface area contributed by atoms with E-state index >= 15 is 0 Å². The van der Waals surface area contributed by atoms with Crippen LogP contribution in [0.25, 0.3) is 0 Å². The maximum absolute atomic E-state index is 11.4. The summed E-state index contributed by atoms with van der Waals surface area (Å²) in [5.74, 6) is -1.62. The van der Waals surface area contributed by atoms with Gasteiger partial charge in [0.25, 0.3) is 5.91 Å². The summed E-state index contributed by atoms with van der Waals surface area (Å²) in [6.45, 7) is 1.61. The first-order valence-electron chi connectivity index (χ1n) is 5.60. The first kappa shape index (κ1) is 14.6. The molecule has 0 aromatic carbocycles. The van der Waals surface area contributed by atoms with Gasteiger partial charge in [0, 0.05) is 18.9 Å². The zero-order valence-electron chi connectivity index (χ0n) is 10.4. The molecule has 1 heterocycles. The molecule has 0 unspecified atom stereocenters. The van der Waals surface area contributed by atoms with Gasteiger partial charge in [-0.15, -0.1) is 0 Å². The van der Waals surface area contributed by atoms with Gasteiger partial charge in [-0.05, 0) is 6.92 Å². The lowest BCUT2D eigenvalue weighted by atomic mass is 10.4. The van der Waals surface area contributed by atoms with Crippen molar-refractivity contribution in [2.24, 2.45) is 0 Å². The highest BCUT2D eigenvalue weighted by Gasteiger charge is 2.11. The van der Waals surface area contributed by atoms with Crippen LogP contribution in [0.4, 0.5) is 0 Å². The number of rotatable bonds is 6. The average molecular weight is 266 g/mol. The van der Waals surface area contributed by atoms with Gasteiger partial charge in [0.2, 0.25) is 5.91 Å². The summed E-state index contributed by atoms with van der Waals surface area (Å²) in [5, 5.41) is 4.82. The largest absolute Gasteiger partial charge is 0.451 e. The minimum Gasteiger partial charge on any atom is -0.451 e. The number of amides is 2. The van der Waals surface area contributed by atoms with E-state index in [1.807, 2.05) is 0 Å². The lowest BCUT2D eigenvalue weighted by Crippen LogP contribution is -2.38. The monoisotopic (exact) mass is 266 g/mol. The third-order valence-electron chi connectivity index (χ3n) is 1.93. The van der Waals surface area contributed by atoms with Crippen LogP contribution in [0.3, 0.4) is 0 Å². The Morgan fingerprint density at radius 3 is 2.63 bits per heavy atom. The van der Waals surface area contributed by atoms with Crippen LogP contribution >= 0.6 is 0 Å². The van der Waals surface area contributed by atoms with Crippen LogP contribution in [0.5, 0.6) is 0 Å². The standard InChI is InChI=1S/C11H14N4O4/c1-2-13-9(16)6-15-10(17)7-19-11(18)8-5-12-3-4-14-8/h3-5H,2,6-7H2,1H3,(H,13,16)(H,15,17). The Labute approximate surface area is 109 Å². The van der Waals surface area contributed by atoms with Gasteiger partial charge in [0.05, 0.1) is 12.7 Å². The van der Waals surface area contributed by atoms with Crippen LogP contribution < -0.4 is 10.6 Å². The second kappa shape index (κ2) is 7.75. The predicted octanol–water partition coefficient (Wildman–Crippen LogP) is -1.11. The molecule has 0 radical (unpaired) electrons. The molecule has 0 atom stereocenters. The van der Waals surface area contributed by atoms with E-state index in [0.717, 1.165) is 0 Å². The van der Waals surface area contributed by atoms with Gasteiger partial charge in [-0.3, -0.25) is 14.6 Å². The Hall–Kier alpha value is -2.51. The zero-order chi connectivity index (χ0) is 14.1. The smallest absolute Gasteiger partial charge is 0.359 e. The lowest BCUT2D eigenvalue weighted by Gasteiger charge is -2.06. The molecule has 0 saturated carbocycles. The van der Waals surface area contributed by atoms with Crippen molar-refractivity contribution in [3.8, 4) is 0 Å². The van der Waals surface area contributed by atoms with Crippen molar-refractivity contribution in [2.45, 2.75) is 6.92 Å². The highest BCUT2D eigenvalue weighted by atomic mass is 16.5. The number of ether oxygens (including phenoxy) is 1. The van der Waals surface area contributed by atoms with Crippen LogP contribution in [0, 0.1) is 0 Å². The Morgan fingerprint density at radius 2 is 2.00 bits per heavy atom. The van der Waals surface area contributed by atoms with Gasteiger partial charge in [-0.1, -0.05) is 0 Å². The van der Waals surface area contributed by atoms with Crippen molar-refractivity contribution >= 4 is 17.8 Å². The van der Waals surface area contributed by atoms with E-state index in [9.17, 15) is 14.4 Å². The van der Waals surface area contributed by atoms with Crippen molar-refractivity contribution in [2.75, 3.05) is 19.7 Å². The molecule has 19 heavy (non-hydrogen) atoms. The van der Waals surface area contributed by atoms with E-state index in [1.54, 1.807) is 6.92 Å². The summed E-state index contributed by atoms with van der Waals surface area (Å²) in [7, 11) is 0. The SMILES string of the molecule is CCNC(=O)CNC(=O)COC(=O)c1cnccn1. The molecule has 0 spiro atoms. The predicted molar refractivity (Wildman–Crippen MR) is 64.0 cm³/mol.